The molecule has 1 fully saturated rings. The third-order valence-corrected chi connectivity index (χ3v) is 6.29. The van der Waals surface area contributed by atoms with E-state index in [9.17, 15) is 9.59 Å². The molecule has 5 rings (SSSR count). The number of H-pyrrole nitrogens is 1. The molecule has 31 heavy (non-hydrogen) atoms. The Hall–Kier alpha value is -3.13. The number of carbonyl (C=O) groups excluding carboxylic acids is 1. The van der Waals surface area contributed by atoms with Crippen molar-refractivity contribution in [3.8, 4) is 11.5 Å². The number of aromatic nitrogens is 2. The Morgan fingerprint density at radius 1 is 1.10 bits per heavy atom. The summed E-state index contributed by atoms with van der Waals surface area (Å²) in [6.07, 6.45) is 5.70. The zero-order valence-electron chi connectivity index (χ0n) is 17.0. The minimum absolute atomic E-state index is 0.0466. The number of ether oxygens (including phenoxy) is 2. The van der Waals surface area contributed by atoms with E-state index in [0.29, 0.717) is 39.3 Å². The molecule has 3 aromatic rings. The second kappa shape index (κ2) is 8.19. The van der Waals surface area contributed by atoms with E-state index in [0.717, 1.165) is 18.4 Å². The largest absolute Gasteiger partial charge is 0.454 e. The highest BCUT2D eigenvalue weighted by Crippen LogP contribution is 2.34. The summed E-state index contributed by atoms with van der Waals surface area (Å²) in [4.78, 5) is 28.7. The number of nitrogens with one attached hydrogen (secondary N) is 2. The summed E-state index contributed by atoms with van der Waals surface area (Å²) in [5.74, 6) is 1.10. The van der Waals surface area contributed by atoms with Crippen molar-refractivity contribution in [1.82, 2.24) is 14.9 Å². The van der Waals surface area contributed by atoms with Crippen molar-refractivity contribution in [3.05, 3.63) is 62.6 Å². The number of carbonyl (C=O) groups is 1. The van der Waals surface area contributed by atoms with E-state index in [2.05, 4.69) is 10.3 Å². The maximum absolute atomic E-state index is 13.1. The van der Waals surface area contributed by atoms with Crippen LogP contribution in [0.1, 0.15) is 48.0 Å². The molecule has 160 valence electrons. The van der Waals surface area contributed by atoms with Gasteiger partial charge in [-0.3, -0.25) is 14.2 Å². The van der Waals surface area contributed by atoms with E-state index < -0.39 is 0 Å². The number of hydrogen-bond donors (Lipinski definition) is 2. The Bertz CT molecular complexity index is 1260. The Labute approximate surface area is 184 Å². The van der Waals surface area contributed by atoms with Crippen LogP contribution in [-0.2, 0) is 6.54 Å². The van der Waals surface area contributed by atoms with Gasteiger partial charge in [0.15, 0.2) is 16.3 Å². The first-order valence-electron chi connectivity index (χ1n) is 10.5. The van der Waals surface area contributed by atoms with Gasteiger partial charge in [-0.15, -0.1) is 0 Å². The molecule has 0 saturated heterocycles. The van der Waals surface area contributed by atoms with E-state index in [4.69, 9.17) is 21.7 Å². The molecule has 0 spiro atoms. The lowest BCUT2D eigenvalue weighted by Crippen LogP contribution is -2.36. The molecule has 1 aliphatic heterocycles. The molecule has 1 aliphatic carbocycles. The third-order valence-electron chi connectivity index (χ3n) is 5.97. The molecule has 0 bridgehead atoms. The minimum Gasteiger partial charge on any atom is -0.454 e. The number of rotatable bonds is 4. The molecule has 8 heteroatoms. The summed E-state index contributed by atoms with van der Waals surface area (Å²) < 4.78 is 12.6. The Morgan fingerprint density at radius 3 is 2.55 bits per heavy atom. The first-order chi connectivity index (χ1) is 15.1. The highest BCUT2D eigenvalue weighted by molar-refractivity contribution is 7.71. The van der Waals surface area contributed by atoms with Crippen molar-refractivity contribution in [2.24, 2.45) is 0 Å². The smallest absolute Gasteiger partial charge is 0.262 e. The maximum Gasteiger partial charge on any atom is 0.262 e. The SMILES string of the molecule is O=C(NC1CCCCC1)c1ccc(Cn2c(=S)[nH]c3cc4c(cc3c2=O)OCO4)cc1. The number of aromatic amines is 1. The van der Waals surface area contributed by atoms with Gasteiger partial charge in [0.25, 0.3) is 11.5 Å². The zero-order valence-corrected chi connectivity index (χ0v) is 17.8. The van der Waals surface area contributed by atoms with Crippen LogP contribution in [0.3, 0.4) is 0 Å². The first kappa shape index (κ1) is 19.8. The van der Waals surface area contributed by atoms with Crippen LogP contribution in [-0.4, -0.2) is 28.3 Å². The van der Waals surface area contributed by atoms with E-state index >= 15 is 0 Å². The van der Waals surface area contributed by atoms with Crippen molar-refractivity contribution < 1.29 is 14.3 Å². The topological polar surface area (TPSA) is 85.4 Å². The summed E-state index contributed by atoms with van der Waals surface area (Å²) in [5, 5.41) is 3.61. The fraction of sp³-hybridized carbons (Fsp3) is 0.348. The molecule has 1 aromatic heterocycles. The molecule has 2 N–H and O–H groups in total. The molecule has 2 aliphatic rings. The third kappa shape index (κ3) is 3.95. The zero-order chi connectivity index (χ0) is 21.4. The standard InChI is InChI=1S/C23H23N3O4S/c27-21(24-16-4-2-1-3-5-16)15-8-6-14(7-9-15)12-26-22(28)17-10-19-20(30-13-29-19)11-18(17)25-23(26)31/h6-11,16H,1-5,12-13H2,(H,24,27)(H,25,31). The summed E-state index contributed by atoms with van der Waals surface area (Å²) >= 11 is 5.42. The second-order valence-electron chi connectivity index (χ2n) is 8.08. The summed E-state index contributed by atoms with van der Waals surface area (Å²) in [6.45, 7) is 0.449. The molecular formula is C23H23N3O4S. The lowest BCUT2D eigenvalue weighted by atomic mass is 9.95. The number of nitrogens with zero attached hydrogens (tertiary/aromatic N) is 1. The van der Waals surface area contributed by atoms with Gasteiger partial charge in [-0.05, 0) is 48.8 Å². The molecule has 1 saturated carbocycles. The van der Waals surface area contributed by atoms with Crippen molar-refractivity contribution in [3.63, 3.8) is 0 Å². The van der Waals surface area contributed by atoms with Gasteiger partial charge in [0, 0.05) is 17.7 Å². The molecule has 0 radical (unpaired) electrons. The Morgan fingerprint density at radius 2 is 1.81 bits per heavy atom. The molecular weight excluding hydrogens is 414 g/mol. The van der Waals surface area contributed by atoms with Crippen molar-refractivity contribution >= 4 is 29.0 Å². The quantitative estimate of drug-likeness (QED) is 0.605. The van der Waals surface area contributed by atoms with Crippen molar-refractivity contribution in [2.75, 3.05) is 6.79 Å². The Balaban J connectivity index is 1.37. The monoisotopic (exact) mass is 437 g/mol. The number of fused-ring (bicyclic) bond motifs is 2. The van der Waals surface area contributed by atoms with Crippen molar-refractivity contribution in [1.29, 1.82) is 0 Å². The lowest BCUT2D eigenvalue weighted by Gasteiger charge is -2.22. The predicted molar refractivity (Wildman–Crippen MR) is 119 cm³/mol. The van der Waals surface area contributed by atoms with Crippen LogP contribution in [0.15, 0.2) is 41.2 Å². The normalized spacial score (nSPS) is 15.9. The van der Waals surface area contributed by atoms with Crippen molar-refractivity contribution in [2.45, 2.75) is 44.7 Å². The van der Waals surface area contributed by atoms with Crippen LogP contribution in [0.2, 0.25) is 0 Å². The molecule has 7 nitrogen and oxygen atoms in total. The second-order valence-corrected chi connectivity index (χ2v) is 8.46. The van der Waals surface area contributed by atoms with Gasteiger partial charge in [0.2, 0.25) is 6.79 Å². The highest BCUT2D eigenvalue weighted by Gasteiger charge is 2.18. The van der Waals surface area contributed by atoms with E-state index in [1.807, 2.05) is 12.1 Å². The van der Waals surface area contributed by atoms with Crippen LogP contribution in [0.25, 0.3) is 10.9 Å². The molecule has 2 heterocycles. The van der Waals surface area contributed by atoms with Gasteiger partial charge < -0.3 is 19.8 Å². The first-order valence-corrected chi connectivity index (χ1v) is 11.0. The fourth-order valence-electron chi connectivity index (χ4n) is 4.25. The van der Waals surface area contributed by atoms with Gasteiger partial charge in [0.1, 0.15) is 0 Å². The van der Waals surface area contributed by atoms with Gasteiger partial charge >= 0.3 is 0 Å². The average Bonchev–Trinajstić information content (AvgIpc) is 3.24. The molecule has 0 atom stereocenters. The number of amides is 1. The number of hydrogen-bond acceptors (Lipinski definition) is 5. The Kier molecular flexibility index (Phi) is 5.23. The average molecular weight is 438 g/mol. The van der Waals surface area contributed by atoms with Gasteiger partial charge in [-0.2, -0.15) is 0 Å². The molecule has 1 amide bonds. The van der Waals surface area contributed by atoms with Crippen LogP contribution in [0.5, 0.6) is 11.5 Å². The van der Waals surface area contributed by atoms with Gasteiger partial charge in [0.05, 0.1) is 17.4 Å². The number of benzene rings is 2. The molecule has 2 aromatic carbocycles. The van der Waals surface area contributed by atoms with Crippen LogP contribution in [0.4, 0.5) is 0 Å². The van der Waals surface area contributed by atoms with E-state index in [-0.39, 0.29) is 24.3 Å². The van der Waals surface area contributed by atoms with E-state index in [1.54, 1.807) is 24.3 Å². The summed E-state index contributed by atoms with van der Waals surface area (Å²) in [5.41, 5.74) is 1.93. The van der Waals surface area contributed by atoms with Crippen LogP contribution < -0.4 is 20.3 Å². The lowest BCUT2D eigenvalue weighted by molar-refractivity contribution is 0.0927. The highest BCUT2D eigenvalue weighted by atomic mass is 32.1. The summed E-state index contributed by atoms with van der Waals surface area (Å²) in [6, 6.07) is 11.0. The molecule has 0 unspecified atom stereocenters. The summed E-state index contributed by atoms with van der Waals surface area (Å²) in [7, 11) is 0. The van der Waals surface area contributed by atoms with Gasteiger partial charge in [-0.25, -0.2) is 0 Å². The minimum atomic E-state index is -0.198. The van der Waals surface area contributed by atoms with Crippen LogP contribution >= 0.6 is 12.2 Å². The van der Waals surface area contributed by atoms with E-state index in [1.165, 1.54) is 23.8 Å². The van der Waals surface area contributed by atoms with Crippen LogP contribution in [0, 0.1) is 4.77 Å². The fourth-order valence-corrected chi connectivity index (χ4v) is 4.50. The van der Waals surface area contributed by atoms with Gasteiger partial charge in [-0.1, -0.05) is 31.4 Å². The predicted octanol–water partition coefficient (Wildman–Crippen LogP) is 3.90. The maximum atomic E-state index is 13.1.